The molecule has 3 aliphatic heterocycles. The third-order valence-electron chi connectivity index (χ3n) is 11.8. The summed E-state index contributed by atoms with van der Waals surface area (Å²) in [6, 6.07) is 6.15. The summed E-state index contributed by atoms with van der Waals surface area (Å²) in [7, 11) is 3.68. The molecule has 0 unspecified atom stereocenters. The molecule has 14 nitrogen and oxygen atoms in total. The highest BCUT2D eigenvalue weighted by atomic mass is 19.1. The molecule has 3 fully saturated rings. The number of carbonyl (C=O) groups is 4. The molecule has 13 atom stereocenters. The van der Waals surface area contributed by atoms with Crippen molar-refractivity contribution in [2.45, 2.75) is 129 Å². The number of esters is 1. The Morgan fingerprint density at radius 3 is 2.37 bits per heavy atom. The molecule has 1 amide bonds. The molecule has 312 valence electrons. The summed E-state index contributed by atoms with van der Waals surface area (Å²) in [6.07, 6.45) is -4.83. The fourth-order valence-electron chi connectivity index (χ4n) is 8.54. The van der Waals surface area contributed by atoms with Crippen molar-refractivity contribution in [3.05, 3.63) is 41.9 Å². The number of rotatable bonds is 7. The normalized spacial score (nSPS) is 36.7. The van der Waals surface area contributed by atoms with Gasteiger partial charge in [-0.05, 0) is 91.2 Å². The van der Waals surface area contributed by atoms with E-state index in [1.54, 1.807) is 59.7 Å². The number of nitrogens with zero attached hydrogens (tertiary/aromatic N) is 2. The summed E-state index contributed by atoms with van der Waals surface area (Å²) in [6.45, 7) is 13.2. The number of hydrogen-bond donors (Lipinski definition) is 2. The van der Waals surface area contributed by atoms with Gasteiger partial charge in [-0.15, -0.1) is 0 Å². The maximum atomic E-state index is 14.4. The molecular weight excluding hydrogens is 741 g/mol. The summed E-state index contributed by atoms with van der Waals surface area (Å²) in [5, 5.41) is 18.3. The van der Waals surface area contributed by atoms with Gasteiger partial charge in [0.15, 0.2) is 17.7 Å². The third kappa shape index (κ3) is 9.42. The van der Waals surface area contributed by atoms with Gasteiger partial charge in [-0.1, -0.05) is 38.8 Å². The van der Waals surface area contributed by atoms with Crippen LogP contribution in [0.5, 0.6) is 0 Å². The lowest BCUT2D eigenvalue weighted by molar-refractivity contribution is -0.296. The Hall–Kier alpha value is -4.20. The average molecular weight is 798 g/mol. The lowest BCUT2D eigenvalue weighted by Crippen LogP contribution is -2.60. The SMILES string of the molecule is CC[C@H]1OC(=O)[C@H](C)C(=O)[C@H](C)[C@@H](O[C@@H]2O[C@H](C)C[C@H](N(C)C)[C@H]2O)[C@@](C)(OCC#Cc2cc(-c3ccc(F)cc3)no2)C[C@@H](C)C(=O)[C@H](C)[C@H]2NC(=O)O[C@@]21C. The number of aromatic nitrogens is 1. The van der Waals surface area contributed by atoms with Crippen LogP contribution in [0.4, 0.5) is 9.18 Å². The van der Waals surface area contributed by atoms with Crippen LogP contribution in [0.1, 0.15) is 80.4 Å². The minimum Gasteiger partial charge on any atom is -0.458 e. The molecule has 0 bridgehead atoms. The maximum absolute atomic E-state index is 14.4. The molecule has 1 aromatic heterocycles. The van der Waals surface area contributed by atoms with Crippen molar-refractivity contribution >= 4 is 23.6 Å². The molecule has 2 N–H and O–H groups in total. The number of Topliss-reactive ketones (excluding diaryl/α,β-unsaturated/α-hetero) is 2. The van der Waals surface area contributed by atoms with E-state index in [1.165, 1.54) is 19.1 Å². The van der Waals surface area contributed by atoms with E-state index in [0.717, 1.165) is 0 Å². The highest BCUT2D eigenvalue weighted by Gasteiger charge is 2.57. The van der Waals surface area contributed by atoms with Gasteiger partial charge in [0.2, 0.25) is 5.76 Å². The van der Waals surface area contributed by atoms with E-state index in [4.69, 9.17) is 28.2 Å². The van der Waals surface area contributed by atoms with Gasteiger partial charge >= 0.3 is 12.1 Å². The highest BCUT2D eigenvalue weighted by Crippen LogP contribution is 2.40. The number of nitrogens with one attached hydrogen (secondary N) is 1. The first-order chi connectivity index (χ1) is 26.8. The van der Waals surface area contributed by atoms with Crippen LogP contribution in [0.2, 0.25) is 0 Å². The summed E-state index contributed by atoms with van der Waals surface area (Å²) < 4.78 is 49.9. The van der Waals surface area contributed by atoms with Crippen molar-refractivity contribution in [1.82, 2.24) is 15.4 Å². The predicted octanol–water partition coefficient (Wildman–Crippen LogP) is 4.69. The summed E-state index contributed by atoms with van der Waals surface area (Å²) in [5.41, 5.74) is -1.81. The van der Waals surface area contributed by atoms with Crippen molar-refractivity contribution in [2.24, 2.45) is 23.7 Å². The average Bonchev–Trinajstić information content (AvgIpc) is 3.77. The summed E-state index contributed by atoms with van der Waals surface area (Å²) >= 11 is 0. The molecular formula is C42H56FN3O11. The van der Waals surface area contributed by atoms with Crippen molar-refractivity contribution in [3.63, 3.8) is 0 Å². The van der Waals surface area contributed by atoms with Crippen LogP contribution in [-0.4, -0.2) is 113 Å². The number of halogens is 1. The van der Waals surface area contributed by atoms with Gasteiger partial charge in [0.05, 0.1) is 23.9 Å². The number of fused-ring (bicyclic) bond motifs is 1. The monoisotopic (exact) mass is 797 g/mol. The summed E-state index contributed by atoms with van der Waals surface area (Å²) in [4.78, 5) is 57.2. The largest absolute Gasteiger partial charge is 0.458 e. The Morgan fingerprint density at radius 2 is 1.72 bits per heavy atom. The van der Waals surface area contributed by atoms with E-state index in [1.807, 2.05) is 25.9 Å². The van der Waals surface area contributed by atoms with Crippen LogP contribution in [0.25, 0.3) is 11.3 Å². The number of hydrogen-bond acceptors (Lipinski definition) is 13. The Labute approximate surface area is 333 Å². The molecule has 3 aliphatic rings. The maximum Gasteiger partial charge on any atom is 0.408 e. The van der Waals surface area contributed by atoms with Gasteiger partial charge in [0.25, 0.3) is 0 Å². The number of alkyl carbamates (subject to hydrolysis) is 1. The Balaban J connectivity index is 1.54. The quantitative estimate of drug-likeness (QED) is 0.224. The smallest absolute Gasteiger partial charge is 0.408 e. The zero-order chi connectivity index (χ0) is 42.0. The van der Waals surface area contributed by atoms with Crippen LogP contribution in [0.15, 0.2) is 34.9 Å². The van der Waals surface area contributed by atoms with E-state index in [0.29, 0.717) is 17.7 Å². The number of aliphatic hydroxyl groups excluding tert-OH is 1. The van der Waals surface area contributed by atoms with E-state index < -0.39 is 83.4 Å². The minimum absolute atomic E-state index is 0.000905. The van der Waals surface area contributed by atoms with Gasteiger partial charge in [0.1, 0.15) is 42.0 Å². The number of ketones is 2. The molecule has 0 spiro atoms. The lowest BCUT2D eigenvalue weighted by Gasteiger charge is -2.47. The molecule has 0 saturated carbocycles. The first-order valence-corrected chi connectivity index (χ1v) is 19.6. The standard InChI is InChI=1S/C42H56FN3O11/c1-11-32-42(8)36(44-40(51)56-42)24(4)33(47)22(2)21-41(7,52-18-12-13-29-20-30(45-57-29)27-14-16-28(43)17-15-27)37(25(5)34(48)26(6)38(50)54-32)55-39-35(49)31(46(9)10)19-23(3)53-39/h14-17,20,22-26,31-32,35-37,39,49H,11,18-19,21H2,1-10H3,(H,44,51)/t22-,23-,24+,25+,26-,31+,32-,35-,36-,37-,39+,41+,42-/m1/s1. The zero-order valence-electron chi connectivity index (χ0n) is 34.4. The second kappa shape index (κ2) is 17.7. The van der Waals surface area contributed by atoms with Crippen molar-refractivity contribution in [2.75, 3.05) is 20.7 Å². The van der Waals surface area contributed by atoms with Crippen molar-refractivity contribution in [3.8, 4) is 23.1 Å². The Kier molecular flexibility index (Phi) is 13.7. The molecule has 0 aliphatic carbocycles. The number of aliphatic hydroxyl groups is 1. The fraction of sp³-hybridized carbons (Fsp3) is 0.643. The number of likely N-dealkylation sites (N-methyl/N-ethyl adjacent to an activating group) is 1. The number of ether oxygens (including phenoxy) is 5. The van der Waals surface area contributed by atoms with Gasteiger partial charge in [-0.2, -0.15) is 0 Å². The second-order valence-electron chi connectivity index (χ2n) is 16.4. The minimum atomic E-state index is -1.48. The number of cyclic esters (lactones) is 1. The molecule has 2 aromatic rings. The van der Waals surface area contributed by atoms with Crippen LogP contribution in [0, 0.1) is 41.3 Å². The Morgan fingerprint density at radius 1 is 1.04 bits per heavy atom. The van der Waals surface area contributed by atoms with E-state index in [-0.39, 0.29) is 49.0 Å². The van der Waals surface area contributed by atoms with Crippen LogP contribution in [-0.2, 0) is 38.1 Å². The number of carbonyl (C=O) groups excluding carboxylic acids is 4. The zero-order valence-corrected chi connectivity index (χ0v) is 34.4. The van der Waals surface area contributed by atoms with Crippen molar-refractivity contribution in [1.29, 1.82) is 0 Å². The third-order valence-corrected chi connectivity index (χ3v) is 11.8. The molecule has 1 aromatic carbocycles. The molecule has 3 saturated heterocycles. The first-order valence-electron chi connectivity index (χ1n) is 19.6. The molecule has 5 rings (SSSR count). The number of benzene rings is 1. The fourth-order valence-corrected chi connectivity index (χ4v) is 8.54. The van der Waals surface area contributed by atoms with E-state index >= 15 is 0 Å². The second-order valence-corrected chi connectivity index (χ2v) is 16.4. The number of amides is 1. The topological polar surface area (TPSA) is 176 Å². The lowest BCUT2D eigenvalue weighted by atomic mass is 9.73. The molecule has 4 heterocycles. The van der Waals surface area contributed by atoms with E-state index in [2.05, 4.69) is 22.3 Å². The van der Waals surface area contributed by atoms with Gasteiger partial charge < -0.3 is 43.5 Å². The van der Waals surface area contributed by atoms with Gasteiger partial charge in [0, 0.05) is 35.4 Å². The summed E-state index contributed by atoms with van der Waals surface area (Å²) in [5.74, 6) is 0.116. The highest BCUT2D eigenvalue weighted by molar-refractivity contribution is 6.00. The van der Waals surface area contributed by atoms with Crippen LogP contribution in [0.3, 0.4) is 0 Å². The Bertz CT molecular complexity index is 1840. The van der Waals surface area contributed by atoms with E-state index in [9.17, 15) is 28.7 Å². The van der Waals surface area contributed by atoms with Crippen LogP contribution >= 0.6 is 0 Å². The van der Waals surface area contributed by atoms with Crippen LogP contribution < -0.4 is 5.32 Å². The first kappa shape index (κ1) is 43.9. The molecule has 15 heteroatoms. The molecule has 0 radical (unpaired) electrons. The molecule has 57 heavy (non-hydrogen) atoms. The van der Waals surface area contributed by atoms with Gasteiger partial charge in [-0.25, -0.2) is 9.18 Å². The van der Waals surface area contributed by atoms with Gasteiger partial charge in [-0.3, -0.25) is 14.4 Å². The van der Waals surface area contributed by atoms with Crippen molar-refractivity contribution < 1.29 is 56.9 Å². The predicted molar refractivity (Wildman–Crippen MR) is 204 cm³/mol.